The fourth-order valence-electron chi connectivity index (χ4n) is 3.25. The maximum absolute atomic E-state index is 12.5. The second kappa shape index (κ2) is 6.18. The molecule has 1 aromatic heterocycles. The second-order valence-corrected chi connectivity index (χ2v) is 6.22. The number of benzene rings is 1. The molecule has 0 radical (unpaired) electrons. The molecule has 0 fully saturated rings. The van der Waals surface area contributed by atoms with E-state index < -0.39 is 5.97 Å². The van der Waals surface area contributed by atoms with Crippen LogP contribution in [-0.2, 0) is 17.8 Å². The predicted octanol–water partition coefficient (Wildman–Crippen LogP) is 1.19. The van der Waals surface area contributed by atoms with E-state index in [4.69, 9.17) is 5.11 Å². The number of carbonyl (C=O) groups excluding carboxylic acids is 1. The van der Waals surface area contributed by atoms with Crippen LogP contribution in [0.3, 0.4) is 0 Å². The van der Waals surface area contributed by atoms with Gasteiger partial charge in [0.15, 0.2) is 0 Å². The van der Waals surface area contributed by atoms with Gasteiger partial charge < -0.3 is 15.0 Å². The van der Waals surface area contributed by atoms with E-state index >= 15 is 0 Å². The number of carbonyl (C=O) groups is 2. The Labute approximate surface area is 144 Å². The third kappa shape index (κ3) is 2.94. The lowest BCUT2D eigenvalue weighted by Crippen LogP contribution is -2.45. The molecule has 4 rings (SSSR count). The van der Waals surface area contributed by atoms with Crippen LogP contribution >= 0.6 is 0 Å². The fourth-order valence-corrected chi connectivity index (χ4v) is 3.25. The zero-order valence-electron chi connectivity index (χ0n) is 13.5. The van der Waals surface area contributed by atoms with Crippen molar-refractivity contribution < 1.29 is 14.7 Å². The van der Waals surface area contributed by atoms with Crippen LogP contribution in [0.25, 0.3) is 11.4 Å². The van der Waals surface area contributed by atoms with Gasteiger partial charge in [0.25, 0.3) is 0 Å². The van der Waals surface area contributed by atoms with Gasteiger partial charge in [0.1, 0.15) is 11.9 Å². The molecule has 1 amide bonds. The Kier molecular flexibility index (Phi) is 3.85. The topological polar surface area (TPSA) is 98.3 Å². The summed E-state index contributed by atoms with van der Waals surface area (Å²) in [6.45, 7) is 1.85. The summed E-state index contributed by atoms with van der Waals surface area (Å²) in [5.74, 6) is -0.253. The number of hydrogen-bond donors (Lipinski definition) is 3. The molecule has 0 saturated heterocycles. The molecule has 25 heavy (non-hydrogen) atoms. The van der Waals surface area contributed by atoms with Crippen molar-refractivity contribution in [1.29, 1.82) is 0 Å². The van der Waals surface area contributed by atoms with Gasteiger partial charge >= 0.3 is 5.97 Å². The first-order valence-electron chi connectivity index (χ1n) is 8.22. The number of aromatic nitrogens is 2. The van der Waals surface area contributed by atoms with E-state index in [2.05, 4.69) is 15.3 Å². The van der Waals surface area contributed by atoms with Gasteiger partial charge in [-0.05, 0) is 12.1 Å². The van der Waals surface area contributed by atoms with E-state index in [1.54, 1.807) is 18.2 Å². The Hall–Kier alpha value is -2.93. The van der Waals surface area contributed by atoms with Crippen molar-refractivity contribution in [3.8, 4) is 11.4 Å². The van der Waals surface area contributed by atoms with Gasteiger partial charge in [-0.1, -0.05) is 24.3 Å². The molecule has 2 aliphatic rings. The molecule has 1 aromatic carbocycles. The summed E-state index contributed by atoms with van der Waals surface area (Å²) < 4.78 is 0. The van der Waals surface area contributed by atoms with E-state index in [1.807, 2.05) is 23.1 Å². The SMILES string of the molecule is O=C(O)c1cccc(-c2nc3c([nH]2)CN(C(=O)[C@@H]2C=CCN2)CC3)c1. The van der Waals surface area contributed by atoms with Crippen LogP contribution in [0.15, 0.2) is 36.4 Å². The minimum Gasteiger partial charge on any atom is -0.478 e. The van der Waals surface area contributed by atoms with E-state index in [1.165, 1.54) is 0 Å². The van der Waals surface area contributed by atoms with E-state index in [0.717, 1.165) is 23.5 Å². The first-order valence-corrected chi connectivity index (χ1v) is 8.22. The quantitative estimate of drug-likeness (QED) is 0.730. The number of imidazole rings is 1. The Bertz CT molecular complexity index is 871. The summed E-state index contributed by atoms with van der Waals surface area (Å²) in [6.07, 6.45) is 4.54. The minimum absolute atomic E-state index is 0.0726. The third-order valence-electron chi connectivity index (χ3n) is 4.58. The molecular weight excluding hydrogens is 320 g/mol. The van der Waals surface area contributed by atoms with Gasteiger partial charge in [0, 0.05) is 25.1 Å². The van der Waals surface area contributed by atoms with Gasteiger partial charge in [-0.2, -0.15) is 0 Å². The summed E-state index contributed by atoms with van der Waals surface area (Å²) in [5.41, 5.74) is 2.81. The van der Waals surface area contributed by atoms with Crippen molar-refractivity contribution in [3.05, 3.63) is 53.4 Å². The molecule has 0 unspecified atom stereocenters. The highest BCUT2D eigenvalue weighted by Gasteiger charge is 2.28. The highest BCUT2D eigenvalue weighted by atomic mass is 16.4. The number of carboxylic acids is 1. The number of aromatic amines is 1. The van der Waals surface area contributed by atoms with Crippen LogP contribution in [-0.4, -0.2) is 51.0 Å². The van der Waals surface area contributed by atoms with Gasteiger partial charge in [0.2, 0.25) is 5.91 Å². The van der Waals surface area contributed by atoms with Crippen molar-refractivity contribution in [2.45, 2.75) is 19.0 Å². The smallest absolute Gasteiger partial charge is 0.335 e. The molecule has 0 saturated carbocycles. The number of nitrogens with zero attached hydrogens (tertiary/aromatic N) is 2. The third-order valence-corrected chi connectivity index (χ3v) is 4.58. The lowest BCUT2D eigenvalue weighted by atomic mass is 10.1. The number of fused-ring (bicyclic) bond motifs is 1. The number of nitrogens with one attached hydrogen (secondary N) is 2. The standard InChI is InChI=1S/C18H18N4O3/c23-17(14-5-2-7-19-14)22-8-6-13-15(10-22)21-16(20-13)11-3-1-4-12(9-11)18(24)25/h1-5,9,14,19H,6-8,10H2,(H,20,21)(H,24,25)/t14-/m0/s1. The minimum atomic E-state index is -0.966. The molecule has 7 nitrogen and oxygen atoms in total. The fraction of sp³-hybridized carbons (Fsp3) is 0.278. The van der Waals surface area contributed by atoms with Crippen molar-refractivity contribution in [2.75, 3.05) is 13.1 Å². The number of amides is 1. The van der Waals surface area contributed by atoms with Crippen LogP contribution in [0.5, 0.6) is 0 Å². The molecule has 7 heteroatoms. The van der Waals surface area contributed by atoms with Crippen LogP contribution in [0.1, 0.15) is 21.7 Å². The van der Waals surface area contributed by atoms with E-state index in [0.29, 0.717) is 25.3 Å². The monoisotopic (exact) mass is 338 g/mol. The molecule has 0 aliphatic carbocycles. The van der Waals surface area contributed by atoms with E-state index in [-0.39, 0.29) is 17.5 Å². The zero-order valence-corrected chi connectivity index (χ0v) is 13.5. The molecule has 2 aliphatic heterocycles. The first kappa shape index (κ1) is 15.6. The first-order chi connectivity index (χ1) is 12.1. The second-order valence-electron chi connectivity index (χ2n) is 6.22. The Morgan fingerprint density at radius 2 is 2.20 bits per heavy atom. The Morgan fingerprint density at radius 3 is 2.96 bits per heavy atom. The molecule has 0 spiro atoms. The summed E-state index contributed by atoms with van der Waals surface area (Å²) in [4.78, 5) is 33.3. The average Bonchev–Trinajstić information content (AvgIpc) is 3.30. The van der Waals surface area contributed by atoms with Crippen molar-refractivity contribution in [3.63, 3.8) is 0 Å². The van der Waals surface area contributed by atoms with Crippen molar-refractivity contribution >= 4 is 11.9 Å². The zero-order chi connectivity index (χ0) is 17.4. The largest absolute Gasteiger partial charge is 0.478 e. The molecule has 3 heterocycles. The van der Waals surface area contributed by atoms with Crippen molar-refractivity contribution in [1.82, 2.24) is 20.2 Å². The van der Waals surface area contributed by atoms with Crippen LogP contribution < -0.4 is 5.32 Å². The van der Waals surface area contributed by atoms with E-state index in [9.17, 15) is 9.59 Å². The van der Waals surface area contributed by atoms with Gasteiger partial charge in [-0.15, -0.1) is 0 Å². The molecule has 3 N–H and O–H groups in total. The number of aromatic carboxylic acids is 1. The summed E-state index contributed by atoms with van der Waals surface area (Å²) in [6, 6.07) is 6.44. The summed E-state index contributed by atoms with van der Waals surface area (Å²) in [7, 11) is 0. The van der Waals surface area contributed by atoms with Crippen molar-refractivity contribution in [2.24, 2.45) is 0 Å². The Balaban J connectivity index is 1.56. The number of hydrogen-bond acceptors (Lipinski definition) is 4. The van der Waals surface area contributed by atoms with Gasteiger partial charge in [-0.25, -0.2) is 9.78 Å². The van der Waals surface area contributed by atoms with Crippen LogP contribution in [0.2, 0.25) is 0 Å². The predicted molar refractivity (Wildman–Crippen MR) is 91.0 cm³/mol. The summed E-state index contributed by atoms with van der Waals surface area (Å²) in [5, 5.41) is 12.3. The lowest BCUT2D eigenvalue weighted by molar-refractivity contribution is -0.133. The van der Waals surface area contributed by atoms with Gasteiger partial charge in [0.05, 0.1) is 23.5 Å². The van der Waals surface area contributed by atoms with Crippen LogP contribution in [0, 0.1) is 0 Å². The highest BCUT2D eigenvalue weighted by Crippen LogP contribution is 2.24. The maximum atomic E-state index is 12.5. The number of rotatable bonds is 3. The highest BCUT2D eigenvalue weighted by molar-refractivity contribution is 5.89. The molecule has 2 aromatic rings. The average molecular weight is 338 g/mol. The number of H-pyrrole nitrogens is 1. The Morgan fingerprint density at radius 1 is 1.32 bits per heavy atom. The summed E-state index contributed by atoms with van der Waals surface area (Å²) >= 11 is 0. The molecular formula is C18H18N4O3. The maximum Gasteiger partial charge on any atom is 0.335 e. The molecule has 128 valence electrons. The number of carboxylic acid groups (broad SMARTS) is 1. The lowest BCUT2D eigenvalue weighted by Gasteiger charge is -2.28. The van der Waals surface area contributed by atoms with Gasteiger partial charge in [-0.3, -0.25) is 10.1 Å². The normalized spacial score (nSPS) is 19.0. The molecule has 1 atom stereocenters. The molecule has 0 bridgehead atoms. The van der Waals surface area contributed by atoms with Crippen LogP contribution in [0.4, 0.5) is 0 Å².